The molecule has 0 atom stereocenters. The van der Waals surface area contributed by atoms with Gasteiger partial charge in [-0.3, -0.25) is 0 Å². The fraction of sp³-hybridized carbons (Fsp3) is 0. The average molecular weight is 306 g/mol. The number of hydrogen-bond donors (Lipinski definition) is 1. The van der Waals surface area contributed by atoms with E-state index < -0.39 is 5.97 Å². The first-order valence-electron chi connectivity index (χ1n) is 3.46. The van der Waals surface area contributed by atoms with E-state index in [9.17, 15) is 4.79 Å². The van der Waals surface area contributed by atoms with Crippen LogP contribution in [-0.4, -0.2) is 11.1 Å². The summed E-state index contributed by atoms with van der Waals surface area (Å²) >= 11 is 6.36. The van der Waals surface area contributed by atoms with Crippen molar-refractivity contribution in [3.8, 4) is 0 Å². The van der Waals surface area contributed by atoms with Crippen molar-refractivity contribution < 1.29 is 9.90 Å². The van der Waals surface area contributed by atoms with Crippen LogP contribution in [0.3, 0.4) is 0 Å². The van der Waals surface area contributed by atoms with Gasteiger partial charge in [0.15, 0.2) is 0 Å². The van der Waals surface area contributed by atoms with E-state index in [-0.39, 0.29) is 0 Å². The lowest BCUT2D eigenvalue weighted by Gasteiger charge is -1.99. The van der Waals surface area contributed by atoms with Gasteiger partial charge in [-0.05, 0) is 49.6 Å². The second kappa shape index (κ2) is 4.58. The molecule has 68 valence electrons. The molecule has 0 aliphatic rings. The molecule has 0 fully saturated rings. The van der Waals surface area contributed by atoms with E-state index in [1.807, 2.05) is 0 Å². The third kappa shape index (κ3) is 2.97. The van der Waals surface area contributed by atoms with Crippen molar-refractivity contribution >= 4 is 43.9 Å². The lowest BCUT2D eigenvalue weighted by molar-refractivity contribution is 0.0696. The van der Waals surface area contributed by atoms with Gasteiger partial charge in [0.25, 0.3) is 0 Å². The first kappa shape index (κ1) is 10.5. The predicted octanol–water partition coefficient (Wildman–Crippen LogP) is 3.47. The molecular weight excluding hydrogens is 300 g/mol. The molecule has 0 spiro atoms. The van der Waals surface area contributed by atoms with Crippen molar-refractivity contribution in [1.82, 2.24) is 0 Å². The average Bonchev–Trinajstić information content (AvgIpc) is 2.03. The highest BCUT2D eigenvalue weighted by Crippen LogP contribution is 2.20. The van der Waals surface area contributed by atoms with Crippen LogP contribution in [0.15, 0.2) is 27.7 Å². The topological polar surface area (TPSA) is 37.3 Å². The summed E-state index contributed by atoms with van der Waals surface area (Å²) in [7, 11) is 0. The Morgan fingerprint density at radius 3 is 2.46 bits per heavy atom. The Kier molecular flexibility index (Phi) is 3.69. The van der Waals surface area contributed by atoms with Gasteiger partial charge in [-0.15, -0.1) is 0 Å². The standard InChI is InChI=1S/C9H6Br2O2/c10-8(11)5-6-3-1-2-4-7(6)9(12)13/h1-5H,(H,12,13). The maximum absolute atomic E-state index is 10.7. The smallest absolute Gasteiger partial charge is 0.336 e. The Hall–Kier alpha value is -0.610. The first-order chi connectivity index (χ1) is 6.11. The minimum atomic E-state index is -0.923. The van der Waals surface area contributed by atoms with Crippen LogP contribution >= 0.6 is 31.9 Å². The van der Waals surface area contributed by atoms with Gasteiger partial charge < -0.3 is 5.11 Å². The third-order valence-corrected chi connectivity index (χ3v) is 1.91. The maximum Gasteiger partial charge on any atom is 0.336 e. The van der Waals surface area contributed by atoms with Gasteiger partial charge in [0, 0.05) is 0 Å². The Morgan fingerprint density at radius 1 is 1.31 bits per heavy atom. The minimum Gasteiger partial charge on any atom is -0.478 e. The Balaban J connectivity index is 3.20. The molecule has 0 radical (unpaired) electrons. The van der Waals surface area contributed by atoms with Gasteiger partial charge in [0.05, 0.1) is 8.96 Å². The van der Waals surface area contributed by atoms with Gasteiger partial charge in [0.2, 0.25) is 0 Å². The number of carbonyl (C=O) groups is 1. The van der Waals surface area contributed by atoms with E-state index >= 15 is 0 Å². The lowest BCUT2D eigenvalue weighted by atomic mass is 10.1. The quantitative estimate of drug-likeness (QED) is 0.908. The molecule has 2 nitrogen and oxygen atoms in total. The molecule has 1 aromatic carbocycles. The van der Waals surface area contributed by atoms with E-state index in [2.05, 4.69) is 31.9 Å². The molecule has 4 heteroatoms. The monoisotopic (exact) mass is 304 g/mol. The summed E-state index contributed by atoms with van der Waals surface area (Å²) in [5, 5.41) is 8.82. The zero-order valence-corrected chi connectivity index (χ0v) is 9.67. The molecule has 1 N–H and O–H groups in total. The van der Waals surface area contributed by atoms with Crippen molar-refractivity contribution in [3.63, 3.8) is 0 Å². The Bertz CT molecular complexity index is 354. The van der Waals surface area contributed by atoms with Crippen LogP contribution in [0.1, 0.15) is 15.9 Å². The van der Waals surface area contributed by atoms with Crippen molar-refractivity contribution in [3.05, 3.63) is 38.8 Å². The zero-order chi connectivity index (χ0) is 9.84. The predicted molar refractivity (Wildman–Crippen MR) is 59.2 cm³/mol. The lowest BCUT2D eigenvalue weighted by Crippen LogP contribution is -1.98. The fourth-order valence-electron chi connectivity index (χ4n) is 0.935. The number of halogens is 2. The number of benzene rings is 1. The molecular formula is C9H6Br2O2. The maximum atomic E-state index is 10.7. The van der Waals surface area contributed by atoms with Crippen molar-refractivity contribution in [1.29, 1.82) is 0 Å². The molecule has 0 unspecified atom stereocenters. The highest BCUT2D eigenvalue weighted by Gasteiger charge is 2.06. The summed E-state index contributed by atoms with van der Waals surface area (Å²) < 4.78 is 0.716. The van der Waals surface area contributed by atoms with Crippen LogP contribution < -0.4 is 0 Å². The van der Waals surface area contributed by atoms with Crippen molar-refractivity contribution in [2.75, 3.05) is 0 Å². The van der Waals surface area contributed by atoms with Crippen LogP contribution in [-0.2, 0) is 0 Å². The van der Waals surface area contributed by atoms with Gasteiger partial charge >= 0.3 is 5.97 Å². The highest BCUT2D eigenvalue weighted by atomic mass is 79.9. The summed E-state index contributed by atoms with van der Waals surface area (Å²) in [6.45, 7) is 0. The summed E-state index contributed by atoms with van der Waals surface area (Å²) in [5.74, 6) is -0.923. The molecule has 13 heavy (non-hydrogen) atoms. The van der Waals surface area contributed by atoms with E-state index in [0.29, 0.717) is 14.5 Å². The van der Waals surface area contributed by atoms with Gasteiger partial charge in [-0.1, -0.05) is 18.2 Å². The van der Waals surface area contributed by atoms with Crippen molar-refractivity contribution in [2.45, 2.75) is 0 Å². The van der Waals surface area contributed by atoms with Gasteiger partial charge in [0.1, 0.15) is 0 Å². The minimum absolute atomic E-state index is 0.291. The summed E-state index contributed by atoms with van der Waals surface area (Å²) in [4.78, 5) is 10.7. The Labute approximate surface area is 92.5 Å². The van der Waals surface area contributed by atoms with E-state index in [4.69, 9.17) is 5.11 Å². The molecule has 0 amide bonds. The van der Waals surface area contributed by atoms with Gasteiger partial charge in [-0.25, -0.2) is 4.79 Å². The molecule has 0 aromatic heterocycles. The van der Waals surface area contributed by atoms with Crippen LogP contribution in [0, 0.1) is 0 Å². The highest BCUT2D eigenvalue weighted by molar-refractivity contribution is 9.28. The third-order valence-electron chi connectivity index (χ3n) is 1.46. The number of carboxylic acid groups (broad SMARTS) is 1. The van der Waals surface area contributed by atoms with Crippen LogP contribution in [0.25, 0.3) is 6.08 Å². The summed E-state index contributed by atoms with van der Waals surface area (Å²) in [6.07, 6.45) is 1.70. The number of hydrogen-bond acceptors (Lipinski definition) is 1. The van der Waals surface area contributed by atoms with Gasteiger partial charge in [-0.2, -0.15) is 0 Å². The van der Waals surface area contributed by atoms with E-state index in [1.165, 1.54) is 0 Å². The molecule has 0 saturated carbocycles. The molecule has 0 saturated heterocycles. The molecule has 1 rings (SSSR count). The molecule has 0 aliphatic heterocycles. The summed E-state index contributed by atoms with van der Waals surface area (Å²) in [6, 6.07) is 6.80. The van der Waals surface area contributed by atoms with Crippen LogP contribution in [0.2, 0.25) is 0 Å². The number of rotatable bonds is 2. The molecule has 0 bridgehead atoms. The first-order valence-corrected chi connectivity index (χ1v) is 5.05. The SMILES string of the molecule is O=C(O)c1ccccc1C=C(Br)Br. The van der Waals surface area contributed by atoms with Crippen LogP contribution in [0.5, 0.6) is 0 Å². The molecule has 0 aliphatic carbocycles. The largest absolute Gasteiger partial charge is 0.478 e. The van der Waals surface area contributed by atoms with E-state index in [0.717, 1.165) is 0 Å². The van der Waals surface area contributed by atoms with Crippen molar-refractivity contribution in [2.24, 2.45) is 0 Å². The second-order valence-corrected chi connectivity index (χ2v) is 5.10. The number of carboxylic acids is 1. The zero-order valence-electron chi connectivity index (χ0n) is 6.50. The normalized spacial score (nSPS) is 9.38. The van der Waals surface area contributed by atoms with Crippen LogP contribution in [0.4, 0.5) is 0 Å². The molecule has 1 aromatic rings. The van der Waals surface area contributed by atoms with E-state index in [1.54, 1.807) is 30.3 Å². The summed E-state index contributed by atoms with van der Waals surface area (Å²) in [5.41, 5.74) is 0.956. The molecule has 0 heterocycles. The number of aromatic carboxylic acids is 1. The fourth-order valence-corrected chi connectivity index (χ4v) is 1.43. The second-order valence-electron chi connectivity index (χ2n) is 2.33. The Morgan fingerprint density at radius 2 is 1.92 bits per heavy atom.